The van der Waals surface area contributed by atoms with Crippen LogP contribution < -0.4 is 0 Å². The first kappa shape index (κ1) is 14.2. The van der Waals surface area contributed by atoms with E-state index in [4.69, 9.17) is 0 Å². The lowest BCUT2D eigenvalue weighted by atomic mass is 9.82. The molecule has 2 unspecified atom stereocenters. The van der Waals surface area contributed by atoms with E-state index >= 15 is 0 Å². The molecule has 1 heterocycles. The van der Waals surface area contributed by atoms with E-state index in [1.54, 1.807) is 0 Å². The van der Waals surface area contributed by atoms with Crippen LogP contribution >= 0.6 is 0 Å². The number of aliphatic hydroxyl groups excluding tert-OH is 1. The largest absolute Gasteiger partial charge is 0.396 e. The van der Waals surface area contributed by atoms with Crippen molar-refractivity contribution < 1.29 is 5.11 Å². The molecular formula is C14H26N2O. The van der Waals surface area contributed by atoms with Gasteiger partial charge in [-0.05, 0) is 37.7 Å². The lowest BCUT2D eigenvalue weighted by Crippen LogP contribution is -2.24. The van der Waals surface area contributed by atoms with E-state index in [1.165, 1.54) is 0 Å². The van der Waals surface area contributed by atoms with Crippen LogP contribution in [0.5, 0.6) is 0 Å². The van der Waals surface area contributed by atoms with Gasteiger partial charge >= 0.3 is 0 Å². The molecule has 0 saturated carbocycles. The molecule has 0 aliphatic rings. The summed E-state index contributed by atoms with van der Waals surface area (Å²) < 4.78 is 2.03. The molecule has 0 aromatic carbocycles. The number of nitrogens with zero attached hydrogens (tertiary/aromatic N) is 2. The Labute approximate surface area is 105 Å². The van der Waals surface area contributed by atoms with Crippen LogP contribution in [0.2, 0.25) is 0 Å². The van der Waals surface area contributed by atoms with Crippen molar-refractivity contribution >= 4 is 0 Å². The molecule has 0 spiro atoms. The van der Waals surface area contributed by atoms with Crippen LogP contribution in [0, 0.1) is 5.41 Å². The van der Waals surface area contributed by atoms with Crippen molar-refractivity contribution in [2.24, 2.45) is 5.41 Å². The minimum absolute atomic E-state index is 0.0244. The molecule has 17 heavy (non-hydrogen) atoms. The summed E-state index contributed by atoms with van der Waals surface area (Å²) in [7, 11) is 0. The third kappa shape index (κ3) is 3.84. The zero-order chi connectivity index (χ0) is 12.9. The standard InChI is InChI=1S/C14H26N2O/c1-5-8-14(4,11-17)10-13-7-9-16(15-13)12(3)6-2/h7,9,12,17H,5-6,8,10-11H2,1-4H3. The Morgan fingerprint density at radius 1 is 1.47 bits per heavy atom. The highest BCUT2D eigenvalue weighted by atomic mass is 16.3. The molecule has 0 saturated heterocycles. The van der Waals surface area contributed by atoms with Crippen LogP contribution in [0.1, 0.15) is 58.7 Å². The molecule has 3 nitrogen and oxygen atoms in total. The van der Waals surface area contributed by atoms with Gasteiger partial charge in [0.2, 0.25) is 0 Å². The maximum Gasteiger partial charge on any atom is 0.0631 e. The molecule has 0 aliphatic heterocycles. The normalized spacial score (nSPS) is 16.8. The Morgan fingerprint density at radius 3 is 2.71 bits per heavy atom. The van der Waals surface area contributed by atoms with Crippen molar-refractivity contribution in [3.63, 3.8) is 0 Å². The topological polar surface area (TPSA) is 38.0 Å². The van der Waals surface area contributed by atoms with Gasteiger partial charge in [-0.2, -0.15) is 5.10 Å². The number of aliphatic hydroxyl groups is 1. The number of aromatic nitrogens is 2. The fourth-order valence-corrected chi connectivity index (χ4v) is 2.17. The molecule has 1 N–H and O–H groups in total. The average Bonchev–Trinajstić information content (AvgIpc) is 2.76. The second kappa shape index (κ2) is 6.20. The van der Waals surface area contributed by atoms with Crippen LogP contribution in [-0.2, 0) is 6.42 Å². The molecular weight excluding hydrogens is 212 g/mol. The van der Waals surface area contributed by atoms with E-state index in [-0.39, 0.29) is 12.0 Å². The van der Waals surface area contributed by atoms with E-state index in [2.05, 4.69) is 38.9 Å². The SMILES string of the molecule is CCCC(C)(CO)Cc1ccn(C(C)CC)n1. The monoisotopic (exact) mass is 238 g/mol. The fourth-order valence-electron chi connectivity index (χ4n) is 2.17. The van der Waals surface area contributed by atoms with Gasteiger partial charge in [-0.3, -0.25) is 4.68 Å². The predicted molar refractivity (Wildman–Crippen MR) is 71.0 cm³/mol. The van der Waals surface area contributed by atoms with Crippen LogP contribution in [0.15, 0.2) is 12.3 Å². The minimum Gasteiger partial charge on any atom is -0.396 e. The highest BCUT2D eigenvalue weighted by molar-refractivity contribution is 5.03. The van der Waals surface area contributed by atoms with E-state index in [0.717, 1.165) is 31.4 Å². The Bertz CT molecular complexity index is 335. The van der Waals surface area contributed by atoms with Gasteiger partial charge in [-0.1, -0.05) is 27.2 Å². The van der Waals surface area contributed by atoms with Crippen LogP contribution in [0.3, 0.4) is 0 Å². The first-order valence-corrected chi connectivity index (χ1v) is 6.69. The van der Waals surface area contributed by atoms with Gasteiger partial charge < -0.3 is 5.11 Å². The molecule has 0 radical (unpaired) electrons. The van der Waals surface area contributed by atoms with Gasteiger partial charge in [0, 0.05) is 18.8 Å². The third-order valence-corrected chi connectivity index (χ3v) is 3.55. The number of hydrogen-bond acceptors (Lipinski definition) is 2. The van der Waals surface area contributed by atoms with Gasteiger partial charge in [0.25, 0.3) is 0 Å². The second-order valence-corrected chi connectivity index (χ2v) is 5.44. The summed E-state index contributed by atoms with van der Waals surface area (Å²) >= 11 is 0. The molecule has 0 aliphatic carbocycles. The third-order valence-electron chi connectivity index (χ3n) is 3.55. The summed E-state index contributed by atoms with van der Waals surface area (Å²) in [6.45, 7) is 8.87. The molecule has 1 aromatic rings. The smallest absolute Gasteiger partial charge is 0.0631 e. The van der Waals surface area contributed by atoms with Crippen LogP contribution in [-0.4, -0.2) is 21.5 Å². The maximum atomic E-state index is 9.51. The van der Waals surface area contributed by atoms with E-state index < -0.39 is 0 Å². The van der Waals surface area contributed by atoms with E-state index in [1.807, 2.05) is 10.9 Å². The second-order valence-electron chi connectivity index (χ2n) is 5.44. The highest BCUT2D eigenvalue weighted by Gasteiger charge is 2.24. The lowest BCUT2D eigenvalue weighted by Gasteiger charge is -2.25. The van der Waals surface area contributed by atoms with E-state index in [0.29, 0.717) is 6.04 Å². The van der Waals surface area contributed by atoms with Gasteiger partial charge in [0.1, 0.15) is 0 Å². The Kier molecular flexibility index (Phi) is 5.19. The summed E-state index contributed by atoms with van der Waals surface area (Å²) in [5.41, 5.74) is 1.07. The summed E-state index contributed by atoms with van der Waals surface area (Å²) in [5.74, 6) is 0. The Hall–Kier alpha value is -0.830. The first-order chi connectivity index (χ1) is 8.04. The molecule has 98 valence electrons. The molecule has 0 bridgehead atoms. The van der Waals surface area contributed by atoms with Crippen LogP contribution in [0.4, 0.5) is 0 Å². The predicted octanol–water partition coefficient (Wildman–Crippen LogP) is 3.20. The highest BCUT2D eigenvalue weighted by Crippen LogP contribution is 2.27. The van der Waals surface area contributed by atoms with Crippen molar-refractivity contribution in [2.75, 3.05) is 6.61 Å². The molecule has 0 fully saturated rings. The summed E-state index contributed by atoms with van der Waals surface area (Å²) in [6.07, 6.45) is 6.14. The molecule has 0 amide bonds. The zero-order valence-electron chi connectivity index (χ0n) is 11.6. The van der Waals surface area contributed by atoms with Gasteiger partial charge in [0.05, 0.1) is 5.69 Å². The van der Waals surface area contributed by atoms with E-state index in [9.17, 15) is 5.11 Å². The fraction of sp³-hybridized carbons (Fsp3) is 0.786. The van der Waals surface area contributed by atoms with Crippen LogP contribution in [0.25, 0.3) is 0 Å². The molecule has 2 atom stereocenters. The number of hydrogen-bond donors (Lipinski definition) is 1. The number of rotatable bonds is 7. The zero-order valence-corrected chi connectivity index (χ0v) is 11.6. The average molecular weight is 238 g/mol. The van der Waals surface area contributed by atoms with Crippen molar-refractivity contribution in [1.29, 1.82) is 0 Å². The minimum atomic E-state index is -0.0244. The van der Waals surface area contributed by atoms with Crippen molar-refractivity contribution in [3.05, 3.63) is 18.0 Å². The molecule has 3 heteroatoms. The van der Waals surface area contributed by atoms with Gasteiger partial charge in [-0.15, -0.1) is 0 Å². The maximum absolute atomic E-state index is 9.51. The van der Waals surface area contributed by atoms with Gasteiger partial charge in [-0.25, -0.2) is 0 Å². The van der Waals surface area contributed by atoms with Gasteiger partial charge in [0.15, 0.2) is 0 Å². The van der Waals surface area contributed by atoms with Crippen molar-refractivity contribution in [2.45, 2.75) is 59.4 Å². The molecule has 1 rings (SSSR count). The summed E-state index contributed by atoms with van der Waals surface area (Å²) in [5, 5.41) is 14.1. The van der Waals surface area contributed by atoms with Crippen molar-refractivity contribution in [3.8, 4) is 0 Å². The molecule has 1 aromatic heterocycles. The first-order valence-electron chi connectivity index (χ1n) is 6.69. The summed E-state index contributed by atoms with van der Waals surface area (Å²) in [6, 6.07) is 2.53. The Balaban J connectivity index is 2.70. The Morgan fingerprint density at radius 2 is 2.18 bits per heavy atom. The summed E-state index contributed by atoms with van der Waals surface area (Å²) in [4.78, 5) is 0. The van der Waals surface area contributed by atoms with Crippen molar-refractivity contribution in [1.82, 2.24) is 9.78 Å². The lowest BCUT2D eigenvalue weighted by molar-refractivity contribution is 0.130. The quantitative estimate of drug-likeness (QED) is 0.792.